The Hall–Kier alpha value is -0.720. The van der Waals surface area contributed by atoms with E-state index in [1.165, 1.54) is 0 Å². The van der Waals surface area contributed by atoms with Crippen LogP contribution in [0.2, 0.25) is 0 Å². The molecule has 0 aliphatic carbocycles. The lowest BCUT2D eigenvalue weighted by molar-refractivity contribution is -0.143. The fourth-order valence-corrected chi connectivity index (χ4v) is 1.88. The van der Waals surface area contributed by atoms with E-state index in [4.69, 9.17) is 0 Å². The van der Waals surface area contributed by atoms with Gasteiger partial charge in [-0.3, -0.25) is 0 Å². The van der Waals surface area contributed by atoms with Crippen molar-refractivity contribution in [2.45, 2.75) is 19.3 Å². The molecule has 0 amide bonds. The molecule has 0 aromatic heterocycles. The first-order chi connectivity index (χ1) is 7.03. The van der Waals surface area contributed by atoms with Crippen LogP contribution in [0.3, 0.4) is 0 Å². The normalized spacial score (nSPS) is 13.0. The van der Waals surface area contributed by atoms with Crippen LogP contribution >= 0.6 is 15.9 Å². The van der Waals surface area contributed by atoms with Crippen LogP contribution < -0.4 is 0 Å². The van der Waals surface area contributed by atoms with E-state index in [0.717, 1.165) is 13.0 Å². The van der Waals surface area contributed by atoms with E-state index >= 15 is 0 Å². The smallest absolute Gasteiger partial charge is 0.166 e. The average molecular weight is 307 g/mol. The molecule has 0 spiro atoms. The molecule has 0 bridgehead atoms. The second-order valence-corrected chi connectivity index (χ2v) is 4.00. The van der Waals surface area contributed by atoms with Crippen molar-refractivity contribution >= 4 is 15.9 Å². The van der Waals surface area contributed by atoms with Gasteiger partial charge < -0.3 is 0 Å². The third-order valence-corrected chi connectivity index (χ3v) is 2.58. The molecular weight excluding hydrogens is 302 g/mol. The van der Waals surface area contributed by atoms with Crippen molar-refractivity contribution in [2.24, 2.45) is 0 Å². The summed E-state index contributed by atoms with van der Waals surface area (Å²) in [6.45, 7) is 1.10. The Kier molecular flexibility index (Phi) is 3.29. The van der Waals surface area contributed by atoms with E-state index < -0.39 is 28.0 Å². The Morgan fingerprint density at radius 1 is 0.875 bits per heavy atom. The minimum absolute atomic E-state index is 0.111. The monoisotopic (exact) mass is 306 g/mol. The Morgan fingerprint density at radius 3 is 1.69 bits per heavy atom. The molecule has 0 fully saturated rings. The van der Waals surface area contributed by atoms with Gasteiger partial charge in [-0.05, 0) is 24.6 Å². The maximum atomic E-state index is 12.4. The second kappa shape index (κ2) is 3.94. The van der Waals surface area contributed by atoms with Crippen LogP contribution in [0.25, 0.3) is 0 Å². The summed E-state index contributed by atoms with van der Waals surface area (Å²) in [6, 6.07) is 0.922. The highest BCUT2D eigenvalue weighted by atomic mass is 79.9. The summed E-state index contributed by atoms with van der Waals surface area (Å²) in [5, 5.41) is 0. The first kappa shape index (κ1) is 13.3. The standard InChI is InChI=1S/C9H5BrF6/c1-4-2-7(10)6(9(14,15)16)3-5(4)8(11,12)13/h2-3H,1H3. The van der Waals surface area contributed by atoms with Gasteiger partial charge in [0.15, 0.2) is 0 Å². The molecule has 0 unspecified atom stereocenters. The molecular formula is C9H5BrF6. The Morgan fingerprint density at radius 2 is 1.31 bits per heavy atom. The molecule has 0 aliphatic rings. The van der Waals surface area contributed by atoms with Crippen molar-refractivity contribution in [3.05, 3.63) is 33.3 Å². The SMILES string of the molecule is Cc1cc(Br)c(C(F)(F)F)cc1C(F)(F)F. The number of aryl methyl sites for hydroxylation is 1. The minimum Gasteiger partial charge on any atom is -0.166 e. The molecule has 0 nitrogen and oxygen atoms in total. The van der Waals surface area contributed by atoms with Gasteiger partial charge in [0, 0.05) is 4.47 Å². The third kappa shape index (κ3) is 2.69. The molecule has 90 valence electrons. The Bertz CT molecular complexity index is 368. The van der Waals surface area contributed by atoms with Crippen LogP contribution in [0.4, 0.5) is 26.3 Å². The molecule has 0 aliphatic heterocycles. The van der Waals surface area contributed by atoms with Gasteiger partial charge in [0.1, 0.15) is 0 Å². The Balaban J connectivity index is 3.45. The van der Waals surface area contributed by atoms with Crippen molar-refractivity contribution < 1.29 is 26.3 Å². The third-order valence-electron chi connectivity index (χ3n) is 1.92. The lowest BCUT2D eigenvalue weighted by Gasteiger charge is -2.15. The van der Waals surface area contributed by atoms with E-state index in [9.17, 15) is 26.3 Å². The van der Waals surface area contributed by atoms with Crippen LogP contribution in [0.5, 0.6) is 0 Å². The topological polar surface area (TPSA) is 0 Å². The molecule has 0 N–H and O–H groups in total. The molecule has 0 saturated heterocycles. The predicted octanol–water partition coefficient (Wildman–Crippen LogP) is 4.80. The molecule has 0 atom stereocenters. The molecule has 0 saturated carbocycles. The molecule has 1 aromatic rings. The van der Waals surface area contributed by atoms with Crippen molar-refractivity contribution in [1.29, 1.82) is 0 Å². The second-order valence-electron chi connectivity index (χ2n) is 3.14. The summed E-state index contributed by atoms with van der Waals surface area (Å²) >= 11 is 2.60. The fourth-order valence-electron chi connectivity index (χ4n) is 1.20. The van der Waals surface area contributed by atoms with Gasteiger partial charge in [0.05, 0.1) is 11.1 Å². The van der Waals surface area contributed by atoms with Gasteiger partial charge in [-0.2, -0.15) is 26.3 Å². The summed E-state index contributed by atoms with van der Waals surface area (Å²) in [4.78, 5) is 0. The van der Waals surface area contributed by atoms with Crippen LogP contribution in [-0.4, -0.2) is 0 Å². The number of alkyl halides is 6. The van der Waals surface area contributed by atoms with Crippen LogP contribution in [0.1, 0.15) is 16.7 Å². The highest BCUT2D eigenvalue weighted by Crippen LogP contribution is 2.40. The number of hydrogen-bond acceptors (Lipinski definition) is 0. The van der Waals surface area contributed by atoms with Crippen molar-refractivity contribution in [3.63, 3.8) is 0 Å². The van der Waals surface area contributed by atoms with E-state index in [-0.39, 0.29) is 11.6 Å². The van der Waals surface area contributed by atoms with Crippen molar-refractivity contribution in [2.75, 3.05) is 0 Å². The quantitative estimate of drug-likeness (QED) is 0.604. The van der Waals surface area contributed by atoms with Crippen molar-refractivity contribution in [3.8, 4) is 0 Å². The molecule has 1 aromatic carbocycles. The maximum Gasteiger partial charge on any atom is 0.417 e. The molecule has 0 heterocycles. The zero-order chi connectivity index (χ0) is 12.7. The molecule has 1 rings (SSSR count). The van der Waals surface area contributed by atoms with E-state index in [1.807, 2.05) is 0 Å². The summed E-state index contributed by atoms with van der Waals surface area (Å²) in [7, 11) is 0. The highest BCUT2D eigenvalue weighted by molar-refractivity contribution is 9.10. The average Bonchev–Trinajstić information content (AvgIpc) is 1.97. The molecule has 0 radical (unpaired) electrons. The van der Waals surface area contributed by atoms with Gasteiger partial charge in [-0.25, -0.2) is 0 Å². The zero-order valence-electron chi connectivity index (χ0n) is 7.80. The molecule has 16 heavy (non-hydrogen) atoms. The van der Waals surface area contributed by atoms with Gasteiger partial charge in [0.25, 0.3) is 0 Å². The van der Waals surface area contributed by atoms with E-state index in [2.05, 4.69) is 15.9 Å². The van der Waals surface area contributed by atoms with E-state index in [1.54, 1.807) is 0 Å². The highest BCUT2D eigenvalue weighted by Gasteiger charge is 2.38. The van der Waals surface area contributed by atoms with Gasteiger partial charge in [-0.15, -0.1) is 0 Å². The van der Waals surface area contributed by atoms with Gasteiger partial charge >= 0.3 is 12.4 Å². The number of rotatable bonds is 0. The first-order valence-electron chi connectivity index (χ1n) is 3.98. The van der Waals surface area contributed by atoms with Gasteiger partial charge in [-0.1, -0.05) is 15.9 Å². The van der Waals surface area contributed by atoms with Crippen molar-refractivity contribution in [1.82, 2.24) is 0 Å². The summed E-state index contributed by atoms with van der Waals surface area (Å²) in [5.41, 5.74) is -2.86. The maximum absolute atomic E-state index is 12.4. The Labute approximate surface area is 95.4 Å². The van der Waals surface area contributed by atoms with Crippen LogP contribution in [0.15, 0.2) is 16.6 Å². The largest absolute Gasteiger partial charge is 0.417 e. The summed E-state index contributed by atoms with van der Waals surface area (Å²) in [5.74, 6) is 0. The lowest BCUT2D eigenvalue weighted by atomic mass is 10.0. The number of benzene rings is 1. The summed E-state index contributed by atoms with van der Waals surface area (Å²) < 4.78 is 73.8. The van der Waals surface area contributed by atoms with E-state index in [0.29, 0.717) is 0 Å². The first-order valence-corrected chi connectivity index (χ1v) is 4.77. The van der Waals surface area contributed by atoms with Gasteiger partial charge in [0.2, 0.25) is 0 Å². The number of hydrogen-bond donors (Lipinski definition) is 0. The molecule has 7 heteroatoms. The zero-order valence-corrected chi connectivity index (χ0v) is 9.39. The van der Waals surface area contributed by atoms with Crippen LogP contribution in [0, 0.1) is 6.92 Å². The number of halogens is 7. The van der Waals surface area contributed by atoms with Crippen LogP contribution in [-0.2, 0) is 12.4 Å². The summed E-state index contributed by atoms with van der Waals surface area (Å²) in [6.07, 6.45) is -9.60. The fraction of sp³-hybridized carbons (Fsp3) is 0.333. The lowest BCUT2D eigenvalue weighted by Crippen LogP contribution is -2.13. The predicted molar refractivity (Wildman–Crippen MR) is 48.9 cm³/mol. The minimum atomic E-state index is -4.81.